The molecule has 154 valence electrons. The fourth-order valence-corrected chi connectivity index (χ4v) is 3.48. The van der Waals surface area contributed by atoms with Crippen LogP contribution in [0.4, 0.5) is 5.69 Å². The van der Waals surface area contributed by atoms with Gasteiger partial charge in [-0.1, -0.05) is 12.1 Å². The molecule has 1 aromatic carbocycles. The minimum atomic E-state index is -0.460. The summed E-state index contributed by atoms with van der Waals surface area (Å²) in [6.45, 7) is 0.0140. The average Bonchev–Trinajstić information content (AvgIpc) is 3.53. The molecule has 30 heavy (non-hydrogen) atoms. The number of carbonyl (C=O) groups excluding carboxylic acids is 2. The van der Waals surface area contributed by atoms with Gasteiger partial charge in [-0.15, -0.1) is 0 Å². The first-order valence-electron chi connectivity index (χ1n) is 9.43. The molecule has 0 fully saturated rings. The van der Waals surface area contributed by atoms with Gasteiger partial charge in [-0.3, -0.25) is 4.79 Å². The van der Waals surface area contributed by atoms with E-state index in [-0.39, 0.29) is 18.5 Å². The molecule has 8 heteroatoms. The topological polar surface area (TPSA) is 88.5 Å². The molecule has 8 nitrogen and oxygen atoms in total. The van der Waals surface area contributed by atoms with Gasteiger partial charge in [0.25, 0.3) is 5.91 Å². The van der Waals surface area contributed by atoms with Crippen LogP contribution in [0.25, 0.3) is 0 Å². The van der Waals surface area contributed by atoms with Crippen LogP contribution in [0.2, 0.25) is 0 Å². The number of rotatable bonds is 6. The van der Waals surface area contributed by atoms with Crippen LogP contribution in [0.1, 0.15) is 34.3 Å². The largest absolute Gasteiger partial charge is 0.467 e. The number of methoxy groups -OCH3 is 1. The lowest BCUT2D eigenvalue weighted by Crippen LogP contribution is -2.37. The molecule has 1 aliphatic rings. The van der Waals surface area contributed by atoms with Crippen molar-refractivity contribution in [2.45, 2.75) is 12.5 Å². The molecule has 2 aromatic heterocycles. The first-order valence-corrected chi connectivity index (χ1v) is 9.43. The first-order chi connectivity index (χ1) is 14.6. The highest BCUT2D eigenvalue weighted by molar-refractivity contribution is 6.01. The molecule has 0 bridgehead atoms. The molecule has 0 saturated carbocycles. The van der Waals surface area contributed by atoms with Crippen molar-refractivity contribution in [1.82, 2.24) is 5.01 Å². The predicted octanol–water partition coefficient (Wildman–Crippen LogP) is 3.47. The van der Waals surface area contributed by atoms with Gasteiger partial charge in [-0.25, -0.2) is 9.80 Å². The monoisotopic (exact) mass is 407 g/mol. The molecule has 1 aliphatic heterocycles. The second kappa shape index (κ2) is 8.28. The van der Waals surface area contributed by atoms with Crippen molar-refractivity contribution in [2.75, 3.05) is 25.6 Å². The Bertz CT molecular complexity index is 1060. The number of carbonyl (C=O) groups is 2. The van der Waals surface area contributed by atoms with E-state index in [2.05, 4.69) is 5.10 Å². The van der Waals surface area contributed by atoms with Crippen LogP contribution in [0.3, 0.4) is 0 Å². The Morgan fingerprint density at radius 2 is 1.90 bits per heavy atom. The number of hydrazone groups is 1. The zero-order chi connectivity index (χ0) is 21.1. The number of nitrogens with zero attached hydrogens (tertiary/aromatic N) is 3. The maximum atomic E-state index is 13.2. The molecule has 3 heterocycles. The number of furan rings is 2. The van der Waals surface area contributed by atoms with Crippen molar-refractivity contribution < 1.29 is 23.2 Å². The second-order valence-corrected chi connectivity index (χ2v) is 6.86. The SMILES string of the molecule is COC(=O)c1ccccc1N(C)CC(=O)N1N=C(c2ccco2)C[C@@H]1c1ccco1. The summed E-state index contributed by atoms with van der Waals surface area (Å²) in [6.07, 6.45) is 3.62. The molecular formula is C22H21N3O5. The summed E-state index contributed by atoms with van der Waals surface area (Å²) in [7, 11) is 3.07. The van der Waals surface area contributed by atoms with E-state index < -0.39 is 5.97 Å². The lowest BCUT2D eigenvalue weighted by Gasteiger charge is -2.25. The van der Waals surface area contributed by atoms with Gasteiger partial charge in [-0.05, 0) is 36.4 Å². The van der Waals surface area contributed by atoms with E-state index in [1.165, 1.54) is 12.1 Å². The zero-order valence-corrected chi connectivity index (χ0v) is 16.6. The summed E-state index contributed by atoms with van der Waals surface area (Å²) in [4.78, 5) is 27.0. The third-order valence-corrected chi connectivity index (χ3v) is 4.94. The molecule has 0 saturated heterocycles. The number of likely N-dealkylation sites (N-methyl/N-ethyl adjacent to an activating group) is 1. The van der Waals surface area contributed by atoms with Gasteiger partial charge in [-0.2, -0.15) is 5.10 Å². The number of ether oxygens (including phenoxy) is 1. The number of hydrogen-bond donors (Lipinski definition) is 0. The molecule has 1 amide bonds. The number of hydrogen-bond acceptors (Lipinski definition) is 7. The number of amides is 1. The normalized spacial score (nSPS) is 15.7. The highest BCUT2D eigenvalue weighted by atomic mass is 16.5. The number of esters is 1. The molecule has 0 N–H and O–H groups in total. The predicted molar refractivity (Wildman–Crippen MR) is 109 cm³/mol. The number of benzene rings is 1. The Hall–Kier alpha value is -3.81. The van der Waals surface area contributed by atoms with Crippen LogP contribution in [-0.2, 0) is 9.53 Å². The van der Waals surface area contributed by atoms with E-state index in [1.807, 2.05) is 12.1 Å². The third kappa shape index (κ3) is 3.71. The molecule has 0 spiro atoms. The summed E-state index contributed by atoms with van der Waals surface area (Å²) >= 11 is 0. The summed E-state index contributed by atoms with van der Waals surface area (Å²) in [5.41, 5.74) is 1.66. The summed E-state index contributed by atoms with van der Waals surface area (Å²) in [5.74, 6) is 0.565. The Morgan fingerprint density at radius 3 is 2.60 bits per heavy atom. The van der Waals surface area contributed by atoms with Crippen LogP contribution in [0.15, 0.2) is 75.0 Å². The van der Waals surface area contributed by atoms with Gasteiger partial charge in [0.15, 0.2) is 0 Å². The van der Waals surface area contributed by atoms with E-state index in [4.69, 9.17) is 13.6 Å². The maximum absolute atomic E-state index is 13.2. The van der Waals surface area contributed by atoms with Crippen LogP contribution >= 0.6 is 0 Å². The number of para-hydroxylation sites is 1. The average molecular weight is 407 g/mol. The van der Waals surface area contributed by atoms with E-state index in [0.717, 1.165) is 0 Å². The van der Waals surface area contributed by atoms with Crippen LogP contribution in [0, 0.1) is 0 Å². The lowest BCUT2D eigenvalue weighted by atomic mass is 10.1. The molecule has 0 aliphatic carbocycles. The quantitative estimate of drug-likeness (QED) is 0.582. The zero-order valence-electron chi connectivity index (χ0n) is 16.6. The van der Waals surface area contributed by atoms with Crippen LogP contribution < -0.4 is 4.90 Å². The van der Waals surface area contributed by atoms with E-state index in [1.54, 1.807) is 60.9 Å². The third-order valence-electron chi connectivity index (χ3n) is 4.94. The summed E-state index contributed by atoms with van der Waals surface area (Å²) in [5, 5.41) is 5.94. The first kappa shape index (κ1) is 19.5. The minimum absolute atomic E-state index is 0.0140. The molecule has 0 radical (unpaired) electrons. The van der Waals surface area contributed by atoms with Gasteiger partial charge in [0.05, 0.1) is 37.4 Å². The molecule has 0 unspecified atom stereocenters. The fourth-order valence-electron chi connectivity index (χ4n) is 3.48. The van der Waals surface area contributed by atoms with Crippen LogP contribution in [0.5, 0.6) is 0 Å². The summed E-state index contributed by atoms with van der Waals surface area (Å²) in [6, 6.07) is 13.8. The summed E-state index contributed by atoms with van der Waals surface area (Å²) < 4.78 is 15.8. The van der Waals surface area contributed by atoms with Crippen molar-refractivity contribution in [3.8, 4) is 0 Å². The van der Waals surface area contributed by atoms with Crippen molar-refractivity contribution in [3.63, 3.8) is 0 Å². The molecule has 4 rings (SSSR count). The Kier molecular flexibility index (Phi) is 5.38. The molecule has 1 atom stereocenters. The minimum Gasteiger partial charge on any atom is -0.467 e. The van der Waals surface area contributed by atoms with Gasteiger partial charge in [0.2, 0.25) is 0 Å². The standard InChI is InChI=1S/C22H21N3O5/c1-24(17-8-4-3-7-15(17)22(27)28-2)14-21(26)25-18(20-10-6-12-30-20)13-16(23-25)19-9-5-11-29-19/h3-12,18H,13-14H2,1-2H3/t18-/m1/s1. The second-order valence-electron chi connectivity index (χ2n) is 6.86. The highest BCUT2D eigenvalue weighted by Gasteiger charge is 2.36. The number of anilines is 1. The van der Waals surface area contributed by atoms with E-state index in [0.29, 0.717) is 34.9 Å². The van der Waals surface area contributed by atoms with Crippen molar-refractivity contribution >= 4 is 23.3 Å². The van der Waals surface area contributed by atoms with Crippen molar-refractivity contribution in [3.05, 3.63) is 78.1 Å². The van der Waals surface area contributed by atoms with Crippen LogP contribution in [-0.4, -0.2) is 43.3 Å². The van der Waals surface area contributed by atoms with Gasteiger partial charge in [0, 0.05) is 13.5 Å². The fraction of sp³-hybridized carbons (Fsp3) is 0.227. The van der Waals surface area contributed by atoms with Gasteiger partial charge < -0.3 is 18.5 Å². The van der Waals surface area contributed by atoms with Crippen molar-refractivity contribution in [2.24, 2.45) is 5.10 Å². The maximum Gasteiger partial charge on any atom is 0.339 e. The molecular weight excluding hydrogens is 386 g/mol. The lowest BCUT2D eigenvalue weighted by molar-refractivity contribution is -0.131. The Morgan fingerprint density at radius 1 is 1.13 bits per heavy atom. The van der Waals surface area contributed by atoms with Gasteiger partial charge in [0.1, 0.15) is 23.3 Å². The highest BCUT2D eigenvalue weighted by Crippen LogP contribution is 2.33. The Balaban J connectivity index is 1.58. The smallest absolute Gasteiger partial charge is 0.339 e. The molecule has 3 aromatic rings. The van der Waals surface area contributed by atoms with Crippen molar-refractivity contribution in [1.29, 1.82) is 0 Å². The Labute approximate surface area is 173 Å². The van der Waals surface area contributed by atoms with E-state index >= 15 is 0 Å². The van der Waals surface area contributed by atoms with E-state index in [9.17, 15) is 9.59 Å². The van der Waals surface area contributed by atoms with Gasteiger partial charge >= 0.3 is 5.97 Å².